The van der Waals surface area contributed by atoms with Crippen LogP contribution in [0.25, 0.3) is 0 Å². The Kier molecular flexibility index (Phi) is 4.65. The minimum Gasteiger partial charge on any atom is -0.380 e. The second-order valence-corrected chi connectivity index (χ2v) is 6.21. The maximum absolute atomic E-state index is 13.4. The Balaban J connectivity index is 1.57. The molecule has 0 spiro atoms. The predicted octanol–water partition coefficient (Wildman–Crippen LogP) is 3.43. The van der Waals surface area contributed by atoms with E-state index < -0.39 is 0 Å². The molecule has 0 unspecified atom stereocenters. The lowest BCUT2D eigenvalue weighted by atomic mass is 10.2. The van der Waals surface area contributed by atoms with Crippen molar-refractivity contribution < 1.29 is 9.18 Å². The van der Waals surface area contributed by atoms with E-state index in [1.807, 2.05) is 18.2 Å². The van der Waals surface area contributed by atoms with Crippen LogP contribution in [0, 0.1) is 5.82 Å². The molecule has 136 valence electrons. The van der Waals surface area contributed by atoms with Gasteiger partial charge < -0.3 is 15.5 Å². The van der Waals surface area contributed by atoms with Crippen LogP contribution in [0.2, 0.25) is 0 Å². The van der Waals surface area contributed by atoms with Gasteiger partial charge in [0.15, 0.2) is 0 Å². The van der Waals surface area contributed by atoms with Gasteiger partial charge in [-0.15, -0.1) is 0 Å². The zero-order valence-corrected chi connectivity index (χ0v) is 14.5. The van der Waals surface area contributed by atoms with Gasteiger partial charge in [-0.1, -0.05) is 24.3 Å². The van der Waals surface area contributed by atoms with E-state index in [0.29, 0.717) is 42.5 Å². The van der Waals surface area contributed by atoms with Gasteiger partial charge >= 0.3 is 0 Å². The number of nitrogens with zero attached hydrogens (tertiary/aromatic N) is 3. The van der Waals surface area contributed by atoms with E-state index >= 15 is 0 Å². The molecule has 1 amide bonds. The molecule has 0 atom stereocenters. The second-order valence-electron chi connectivity index (χ2n) is 6.21. The Morgan fingerprint density at radius 2 is 2.00 bits per heavy atom. The average Bonchev–Trinajstić information content (AvgIpc) is 2.90. The van der Waals surface area contributed by atoms with Crippen molar-refractivity contribution in [3.63, 3.8) is 0 Å². The summed E-state index contributed by atoms with van der Waals surface area (Å²) in [5, 5.41) is 6.25. The van der Waals surface area contributed by atoms with Gasteiger partial charge in [-0.3, -0.25) is 4.79 Å². The fourth-order valence-corrected chi connectivity index (χ4v) is 2.96. The molecule has 2 N–H and O–H groups in total. The van der Waals surface area contributed by atoms with Gasteiger partial charge in [-0.2, -0.15) is 0 Å². The maximum atomic E-state index is 13.4. The van der Waals surface area contributed by atoms with Crippen molar-refractivity contribution in [2.75, 3.05) is 23.7 Å². The number of halogens is 1. The molecule has 0 saturated carbocycles. The van der Waals surface area contributed by atoms with Gasteiger partial charge in [-0.25, -0.2) is 14.4 Å². The van der Waals surface area contributed by atoms with Crippen LogP contribution in [0.4, 0.5) is 21.7 Å². The number of carbonyl (C=O) groups excluding carboxylic acids is 1. The van der Waals surface area contributed by atoms with Crippen LogP contribution in [0.15, 0.2) is 60.8 Å². The smallest absolute Gasteiger partial charge is 0.254 e. The van der Waals surface area contributed by atoms with Gasteiger partial charge in [0.05, 0.1) is 24.1 Å². The first-order valence-electron chi connectivity index (χ1n) is 8.66. The topological polar surface area (TPSA) is 70.2 Å². The molecule has 1 aliphatic rings. The van der Waals surface area contributed by atoms with E-state index in [0.717, 1.165) is 5.69 Å². The molecule has 0 radical (unpaired) electrons. The third kappa shape index (κ3) is 3.87. The highest BCUT2D eigenvalue weighted by molar-refractivity contribution is 5.94. The van der Waals surface area contributed by atoms with Crippen molar-refractivity contribution in [1.29, 1.82) is 0 Å². The first-order chi connectivity index (χ1) is 13.2. The van der Waals surface area contributed by atoms with Crippen LogP contribution in [-0.2, 0) is 6.54 Å². The summed E-state index contributed by atoms with van der Waals surface area (Å²) in [5.41, 5.74) is 2.72. The van der Waals surface area contributed by atoms with E-state index in [9.17, 15) is 9.18 Å². The highest BCUT2D eigenvalue weighted by Gasteiger charge is 2.21. The van der Waals surface area contributed by atoms with E-state index in [1.165, 1.54) is 12.1 Å². The maximum Gasteiger partial charge on any atom is 0.254 e. The lowest BCUT2D eigenvalue weighted by Crippen LogP contribution is -2.32. The summed E-state index contributed by atoms with van der Waals surface area (Å²) in [6, 6.07) is 15.3. The summed E-state index contributed by atoms with van der Waals surface area (Å²) < 4.78 is 13.4. The third-order valence-electron chi connectivity index (χ3n) is 4.29. The SMILES string of the molecule is O=C(c1ccccc1)N1CCNc2cnc(Nc3cccc(F)c3)nc2C1. The van der Waals surface area contributed by atoms with Gasteiger partial charge in [0, 0.05) is 24.3 Å². The van der Waals surface area contributed by atoms with Gasteiger partial charge in [-0.05, 0) is 30.3 Å². The first kappa shape index (κ1) is 17.0. The number of anilines is 3. The Labute approximate surface area is 156 Å². The molecular formula is C20H18FN5O. The molecule has 1 aliphatic heterocycles. The van der Waals surface area contributed by atoms with Crippen LogP contribution in [0.3, 0.4) is 0 Å². The molecule has 0 saturated heterocycles. The molecule has 27 heavy (non-hydrogen) atoms. The molecule has 4 rings (SSSR count). The van der Waals surface area contributed by atoms with Gasteiger partial charge in [0.2, 0.25) is 5.95 Å². The molecule has 0 bridgehead atoms. The van der Waals surface area contributed by atoms with Crippen LogP contribution in [0.5, 0.6) is 0 Å². The van der Waals surface area contributed by atoms with Gasteiger partial charge in [0.25, 0.3) is 5.91 Å². The minimum atomic E-state index is -0.337. The number of carbonyl (C=O) groups is 1. The molecule has 0 aliphatic carbocycles. The molecule has 6 nitrogen and oxygen atoms in total. The molecule has 3 aromatic rings. The molecule has 1 aromatic heterocycles. The third-order valence-corrected chi connectivity index (χ3v) is 4.29. The Morgan fingerprint density at radius 3 is 2.81 bits per heavy atom. The summed E-state index contributed by atoms with van der Waals surface area (Å²) in [6.45, 7) is 1.55. The first-order valence-corrected chi connectivity index (χ1v) is 8.66. The van der Waals surface area contributed by atoms with Crippen LogP contribution in [0.1, 0.15) is 16.1 Å². The number of rotatable bonds is 3. The summed E-state index contributed by atoms with van der Waals surface area (Å²) in [4.78, 5) is 23.3. The fraction of sp³-hybridized carbons (Fsp3) is 0.150. The number of benzene rings is 2. The van der Waals surface area contributed by atoms with Crippen molar-refractivity contribution >= 4 is 23.2 Å². The fourth-order valence-electron chi connectivity index (χ4n) is 2.96. The van der Waals surface area contributed by atoms with E-state index in [-0.39, 0.29) is 11.7 Å². The van der Waals surface area contributed by atoms with Crippen molar-refractivity contribution in [2.24, 2.45) is 0 Å². The number of hydrogen-bond donors (Lipinski definition) is 2. The van der Waals surface area contributed by atoms with E-state index in [1.54, 1.807) is 35.4 Å². The summed E-state index contributed by atoms with van der Waals surface area (Å²) >= 11 is 0. The highest BCUT2D eigenvalue weighted by atomic mass is 19.1. The monoisotopic (exact) mass is 363 g/mol. The molecule has 2 aromatic carbocycles. The number of aromatic nitrogens is 2. The molecule has 2 heterocycles. The van der Waals surface area contributed by atoms with E-state index in [2.05, 4.69) is 20.6 Å². The van der Waals surface area contributed by atoms with Crippen molar-refractivity contribution in [1.82, 2.24) is 14.9 Å². The summed E-state index contributed by atoms with van der Waals surface area (Å²) in [5.74, 6) is -0.0188. The lowest BCUT2D eigenvalue weighted by Gasteiger charge is -2.20. The number of amides is 1. The second kappa shape index (κ2) is 7.41. The van der Waals surface area contributed by atoms with E-state index in [4.69, 9.17) is 0 Å². The van der Waals surface area contributed by atoms with Crippen LogP contribution >= 0.6 is 0 Å². The quantitative estimate of drug-likeness (QED) is 0.746. The molecular weight excluding hydrogens is 345 g/mol. The number of hydrogen-bond acceptors (Lipinski definition) is 5. The Hall–Kier alpha value is -3.48. The Morgan fingerprint density at radius 1 is 1.15 bits per heavy atom. The van der Waals surface area contributed by atoms with Gasteiger partial charge in [0.1, 0.15) is 5.82 Å². The zero-order valence-electron chi connectivity index (χ0n) is 14.5. The van der Waals surface area contributed by atoms with Crippen molar-refractivity contribution in [2.45, 2.75) is 6.54 Å². The van der Waals surface area contributed by atoms with Crippen molar-refractivity contribution in [3.8, 4) is 0 Å². The normalized spacial score (nSPS) is 13.3. The van der Waals surface area contributed by atoms with Crippen LogP contribution in [-0.4, -0.2) is 33.9 Å². The zero-order chi connectivity index (χ0) is 18.6. The highest BCUT2D eigenvalue weighted by Crippen LogP contribution is 2.22. The Bertz CT molecular complexity index is 964. The predicted molar refractivity (Wildman–Crippen MR) is 101 cm³/mol. The number of nitrogens with one attached hydrogen (secondary N) is 2. The summed E-state index contributed by atoms with van der Waals surface area (Å²) in [7, 11) is 0. The van der Waals surface area contributed by atoms with Crippen molar-refractivity contribution in [3.05, 3.63) is 77.9 Å². The standard InChI is InChI=1S/C20H18FN5O/c21-15-7-4-8-16(11-15)24-20-23-12-17-18(25-20)13-26(10-9-22-17)19(27)14-5-2-1-3-6-14/h1-8,11-12,22H,9-10,13H2,(H,23,24,25). The largest absolute Gasteiger partial charge is 0.380 e. The average molecular weight is 363 g/mol. The molecule has 0 fully saturated rings. The molecule has 7 heteroatoms. The lowest BCUT2D eigenvalue weighted by molar-refractivity contribution is 0.0751. The van der Waals surface area contributed by atoms with Crippen LogP contribution < -0.4 is 10.6 Å². The number of fused-ring (bicyclic) bond motifs is 1. The summed E-state index contributed by atoms with van der Waals surface area (Å²) in [6.07, 6.45) is 1.68. The minimum absolute atomic E-state index is 0.0384.